The number of amides is 1. The van der Waals surface area contributed by atoms with Gasteiger partial charge in [0.25, 0.3) is 0 Å². The summed E-state index contributed by atoms with van der Waals surface area (Å²) in [6.07, 6.45) is 2.77. The fourth-order valence-corrected chi connectivity index (χ4v) is 2.56. The van der Waals surface area contributed by atoms with Gasteiger partial charge >= 0.3 is 0 Å². The average Bonchev–Trinajstić information content (AvgIpc) is 2.87. The van der Waals surface area contributed by atoms with Crippen molar-refractivity contribution in [2.45, 2.75) is 26.7 Å². The lowest BCUT2D eigenvalue weighted by atomic mass is 10.1. The lowest BCUT2D eigenvalue weighted by Crippen LogP contribution is -2.13. The first kappa shape index (κ1) is 16.1. The van der Waals surface area contributed by atoms with E-state index in [1.54, 1.807) is 10.6 Å². The van der Waals surface area contributed by atoms with Crippen molar-refractivity contribution in [2.24, 2.45) is 0 Å². The standard InChI is InChI=1S/C18H17F2N3O/c1-3-5-15(24)22-18-17(12-6-4-7-13(19)16(12)20)21-14-10-11(2)8-9-23(14)18/h4,6-10H,3,5H2,1-2H3,(H,22,24). The topological polar surface area (TPSA) is 46.4 Å². The Labute approximate surface area is 138 Å². The van der Waals surface area contributed by atoms with E-state index in [0.717, 1.165) is 11.6 Å². The number of carbonyl (C=O) groups is 1. The van der Waals surface area contributed by atoms with Crippen LogP contribution in [0.3, 0.4) is 0 Å². The zero-order valence-electron chi connectivity index (χ0n) is 13.4. The Morgan fingerprint density at radius 1 is 1.29 bits per heavy atom. The Morgan fingerprint density at radius 3 is 2.83 bits per heavy atom. The third-order valence-electron chi connectivity index (χ3n) is 3.72. The number of nitrogens with zero attached hydrogens (tertiary/aromatic N) is 2. The van der Waals surface area contributed by atoms with Gasteiger partial charge in [0.1, 0.15) is 17.2 Å². The molecule has 2 aromatic heterocycles. The Morgan fingerprint density at radius 2 is 2.08 bits per heavy atom. The molecular weight excluding hydrogens is 312 g/mol. The smallest absolute Gasteiger partial charge is 0.225 e. The second-order valence-electron chi connectivity index (χ2n) is 5.64. The monoisotopic (exact) mass is 329 g/mol. The quantitative estimate of drug-likeness (QED) is 0.774. The number of rotatable bonds is 4. The fraction of sp³-hybridized carbons (Fsp3) is 0.222. The van der Waals surface area contributed by atoms with E-state index in [1.165, 1.54) is 12.1 Å². The number of aryl methyl sites for hydroxylation is 1. The largest absolute Gasteiger partial charge is 0.310 e. The first-order valence-electron chi connectivity index (χ1n) is 7.74. The van der Waals surface area contributed by atoms with Gasteiger partial charge in [-0.3, -0.25) is 9.20 Å². The maximum atomic E-state index is 14.2. The maximum absolute atomic E-state index is 14.2. The molecule has 0 unspecified atom stereocenters. The minimum absolute atomic E-state index is 0.0168. The second kappa shape index (κ2) is 6.39. The SMILES string of the molecule is CCCC(=O)Nc1c(-c2cccc(F)c2F)nc2cc(C)ccn12. The number of anilines is 1. The number of halogens is 2. The van der Waals surface area contributed by atoms with E-state index in [1.807, 2.05) is 26.0 Å². The average molecular weight is 329 g/mol. The van der Waals surface area contributed by atoms with Gasteiger partial charge in [-0.15, -0.1) is 0 Å². The molecule has 0 aliphatic rings. The summed E-state index contributed by atoms with van der Waals surface area (Å²) in [5.41, 5.74) is 1.76. The predicted octanol–water partition coefficient (Wildman–Crippen LogP) is 4.33. The summed E-state index contributed by atoms with van der Waals surface area (Å²) < 4.78 is 29.5. The Hall–Kier alpha value is -2.76. The summed E-state index contributed by atoms with van der Waals surface area (Å²) >= 11 is 0. The van der Waals surface area contributed by atoms with Gasteiger partial charge in [0.05, 0.1) is 0 Å². The summed E-state index contributed by atoms with van der Waals surface area (Å²) in [6.45, 7) is 3.80. The van der Waals surface area contributed by atoms with Gasteiger partial charge in [-0.1, -0.05) is 13.0 Å². The zero-order chi connectivity index (χ0) is 17.3. The highest BCUT2D eigenvalue weighted by atomic mass is 19.2. The van der Waals surface area contributed by atoms with Gasteiger partial charge in [-0.05, 0) is 43.2 Å². The summed E-state index contributed by atoms with van der Waals surface area (Å²) in [4.78, 5) is 16.4. The van der Waals surface area contributed by atoms with E-state index in [4.69, 9.17) is 0 Å². The maximum Gasteiger partial charge on any atom is 0.225 e. The minimum atomic E-state index is -0.983. The molecule has 0 aliphatic heterocycles. The zero-order valence-corrected chi connectivity index (χ0v) is 13.4. The van der Waals surface area contributed by atoms with Crippen LogP contribution in [0.2, 0.25) is 0 Å². The number of hydrogen-bond acceptors (Lipinski definition) is 2. The van der Waals surface area contributed by atoms with Crippen LogP contribution < -0.4 is 5.32 Å². The lowest BCUT2D eigenvalue weighted by molar-refractivity contribution is -0.116. The van der Waals surface area contributed by atoms with Gasteiger partial charge < -0.3 is 5.32 Å². The van der Waals surface area contributed by atoms with Crippen molar-refractivity contribution < 1.29 is 13.6 Å². The van der Waals surface area contributed by atoms with Crippen LogP contribution in [-0.2, 0) is 4.79 Å². The number of fused-ring (bicyclic) bond motifs is 1. The number of imidazole rings is 1. The van der Waals surface area contributed by atoms with Crippen LogP contribution in [0.4, 0.5) is 14.6 Å². The third kappa shape index (κ3) is 2.87. The van der Waals surface area contributed by atoms with E-state index in [0.29, 0.717) is 24.3 Å². The predicted molar refractivity (Wildman–Crippen MR) is 88.8 cm³/mol. The van der Waals surface area contributed by atoms with Crippen molar-refractivity contribution in [2.75, 3.05) is 5.32 Å². The molecule has 1 N–H and O–H groups in total. The highest BCUT2D eigenvalue weighted by molar-refractivity contribution is 5.94. The summed E-state index contributed by atoms with van der Waals surface area (Å²) in [7, 11) is 0. The molecule has 0 atom stereocenters. The van der Waals surface area contributed by atoms with Gasteiger partial charge in [0.2, 0.25) is 5.91 Å². The Kier molecular flexibility index (Phi) is 4.29. The third-order valence-corrected chi connectivity index (χ3v) is 3.72. The molecule has 6 heteroatoms. The molecule has 1 amide bonds. The number of hydrogen-bond donors (Lipinski definition) is 1. The van der Waals surface area contributed by atoms with Crippen LogP contribution in [0.25, 0.3) is 16.9 Å². The molecular formula is C18H17F2N3O. The van der Waals surface area contributed by atoms with Crippen LogP contribution >= 0.6 is 0 Å². The molecule has 0 aliphatic carbocycles. The summed E-state index contributed by atoms with van der Waals surface area (Å²) in [5.74, 6) is -1.79. The van der Waals surface area contributed by atoms with Gasteiger partial charge in [-0.25, -0.2) is 13.8 Å². The first-order valence-corrected chi connectivity index (χ1v) is 7.74. The molecule has 0 saturated carbocycles. The molecule has 0 radical (unpaired) electrons. The number of pyridine rings is 1. The normalized spacial score (nSPS) is 11.0. The van der Waals surface area contributed by atoms with Crippen LogP contribution in [0.1, 0.15) is 25.3 Å². The molecule has 0 spiro atoms. The number of carbonyl (C=O) groups excluding carboxylic acids is 1. The molecule has 3 rings (SSSR count). The van der Waals surface area contributed by atoms with Crippen molar-refractivity contribution in [1.82, 2.24) is 9.38 Å². The van der Waals surface area contributed by atoms with Crippen LogP contribution in [-0.4, -0.2) is 15.3 Å². The Balaban J connectivity index is 2.22. The van der Waals surface area contributed by atoms with Gasteiger partial charge in [0.15, 0.2) is 11.6 Å². The van der Waals surface area contributed by atoms with E-state index < -0.39 is 11.6 Å². The van der Waals surface area contributed by atoms with E-state index in [2.05, 4.69) is 10.3 Å². The Bertz CT molecular complexity index is 918. The number of benzene rings is 1. The molecule has 0 fully saturated rings. The highest BCUT2D eigenvalue weighted by Gasteiger charge is 2.20. The van der Waals surface area contributed by atoms with Crippen LogP contribution in [0.5, 0.6) is 0 Å². The van der Waals surface area contributed by atoms with Crippen molar-refractivity contribution in [3.63, 3.8) is 0 Å². The van der Waals surface area contributed by atoms with E-state index in [-0.39, 0.29) is 17.2 Å². The van der Waals surface area contributed by atoms with Crippen molar-refractivity contribution in [3.8, 4) is 11.3 Å². The van der Waals surface area contributed by atoms with Crippen molar-refractivity contribution >= 4 is 17.4 Å². The molecule has 1 aromatic carbocycles. The van der Waals surface area contributed by atoms with Crippen molar-refractivity contribution in [3.05, 3.63) is 53.7 Å². The minimum Gasteiger partial charge on any atom is -0.310 e. The fourth-order valence-electron chi connectivity index (χ4n) is 2.56. The summed E-state index contributed by atoms with van der Waals surface area (Å²) in [6, 6.07) is 7.59. The number of nitrogens with one attached hydrogen (secondary N) is 1. The molecule has 3 aromatic rings. The first-order chi connectivity index (χ1) is 11.5. The molecule has 0 saturated heterocycles. The van der Waals surface area contributed by atoms with E-state index in [9.17, 15) is 13.6 Å². The van der Waals surface area contributed by atoms with E-state index >= 15 is 0 Å². The number of aromatic nitrogens is 2. The highest BCUT2D eigenvalue weighted by Crippen LogP contribution is 2.32. The molecule has 2 heterocycles. The van der Waals surface area contributed by atoms with Gasteiger partial charge in [-0.2, -0.15) is 0 Å². The molecule has 4 nitrogen and oxygen atoms in total. The summed E-state index contributed by atoms with van der Waals surface area (Å²) in [5, 5.41) is 2.77. The second-order valence-corrected chi connectivity index (χ2v) is 5.64. The van der Waals surface area contributed by atoms with Crippen molar-refractivity contribution in [1.29, 1.82) is 0 Å². The van der Waals surface area contributed by atoms with Crippen LogP contribution in [0.15, 0.2) is 36.5 Å². The molecule has 24 heavy (non-hydrogen) atoms. The van der Waals surface area contributed by atoms with Gasteiger partial charge in [0, 0.05) is 18.2 Å². The van der Waals surface area contributed by atoms with Crippen LogP contribution in [0, 0.1) is 18.6 Å². The molecule has 0 bridgehead atoms. The lowest BCUT2D eigenvalue weighted by Gasteiger charge is -2.08. The molecule has 124 valence electrons.